The quantitative estimate of drug-likeness (QED) is 0.393. The molecule has 2 N–H and O–H groups in total. The van der Waals surface area contributed by atoms with Gasteiger partial charge in [0.1, 0.15) is 18.2 Å². The first-order valence-corrected chi connectivity index (χ1v) is 15.6. The van der Waals surface area contributed by atoms with Crippen LogP contribution in [0.4, 0.5) is 5.69 Å². The summed E-state index contributed by atoms with van der Waals surface area (Å²) in [5.41, 5.74) is 1.96. The molecule has 2 aromatic carbocycles. The fourth-order valence-electron chi connectivity index (χ4n) is 7.12. The number of nitrogens with one attached hydrogen (secondary N) is 1. The van der Waals surface area contributed by atoms with Crippen molar-refractivity contribution >= 4 is 29.4 Å². The second-order valence-corrected chi connectivity index (χ2v) is 12.2. The second kappa shape index (κ2) is 12.6. The molecule has 10 nitrogen and oxygen atoms in total. The van der Waals surface area contributed by atoms with E-state index in [4.69, 9.17) is 9.47 Å². The van der Waals surface area contributed by atoms with Gasteiger partial charge in [0, 0.05) is 31.8 Å². The Morgan fingerprint density at radius 3 is 2.60 bits per heavy atom. The van der Waals surface area contributed by atoms with Crippen LogP contribution in [0.5, 0.6) is 0 Å². The number of cyclic esters (lactones) is 1. The SMILES string of the molecule is Cc1ccc(C)c(N2C/C=C\CCC(=O)OC[C@H](c3ccccc3)NC(=O)[C@@H]3[C@H]4C(=O)N(CCCO)[C@H](C2=O)[C@]42C=C[C@H]3O2)c1. The summed E-state index contributed by atoms with van der Waals surface area (Å²) in [5.74, 6) is -3.34. The number of benzene rings is 2. The summed E-state index contributed by atoms with van der Waals surface area (Å²) in [6.45, 7) is 3.98. The Morgan fingerprint density at radius 1 is 1.02 bits per heavy atom. The molecule has 6 rings (SSSR count). The molecular formula is C35H39N3O7. The van der Waals surface area contributed by atoms with Gasteiger partial charge < -0.3 is 29.7 Å². The number of nitrogens with zero attached hydrogens (tertiary/aromatic N) is 2. The number of aliphatic hydroxyl groups excluding tert-OH is 1. The molecule has 1 spiro atoms. The average Bonchev–Trinajstić information content (AvgIpc) is 3.68. The third-order valence-corrected chi connectivity index (χ3v) is 9.29. The van der Waals surface area contributed by atoms with Crippen LogP contribution in [0.1, 0.15) is 42.0 Å². The molecule has 0 unspecified atom stereocenters. The Kier molecular flexibility index (Phi) is 8.61. The number of hydrogen-bond acceptors (Lipinski definition) is 7. The van der Waals surface area contributed by atoms with Gasteiger partial charge >= 0.3 is 5.97 Å². The first kappa shape index (κ1) is 30.7. The van der Waals surface area contributed by atoms with Crippen molar-refractivity contribution in [2.75, 3.05) is 31.2 Å². The number of hydrogen-bond donors (Lipinski definition) is 2. The van der Waals surface area contributed by atoms with E-state index in [1.54, 1.807) is 17.1 Å². The number of carbonyl (C=O) groups excluding carboxylic acids is 4. The van der Waals surface area contributed by atoms with Crippen LogP contribution in [-0.2, 0) is 28.7 Å². The standard InChI is InChI=1S/C35H39N3O7/c1-22-13-14-23(2)26(20-22)37-17-8-4-7-12-28(40)44-21-25(24-10-5-3-6-11-24)36-32(41)29-27-15-16-35(45-27)30(29)33(42)38(18-9-19-39)31(35)34(37)43/h3-6,8,10-11,13-16,20,25,27,29-31,39H,7,9,12,17-19,21H2,1-2H3,(H,36,41)/b8-4-/t25-,27-,29+,30+,31-,35+/m1/s1. The van der Waals surface area contributed by atoms with E-state index in [2.05, 4.69) is 5.32 Å². The fourth-order valence-corrected chi connectivity index (χ4v) is 7.12. The van der Waals surface area contributed by atoms with E-state index in [9.17, 15) is 24.3 Å². The zero-order chi connectivity index (χ0) is 31.7. The summed E-state index contributed by atoms with van der Waals surface area (Å²) in [4.78, 5) is 59.0. The van der Waals surface area contributed by atoms with Gasteiger partial charge in [-0.1, -0.05) is 66.8 Å². The van der Waals surface area contributed by atoms with Crippen molar-refractivity contribution in [3.8, 4) is 0 Å². The first-order valence-electron chi connectivity index (χ1n) is 15.6. The van der Waals surface area contributed by atoms with Gasteiger partial charge in [-0.05, 0) is 49.4 Å². The number of esters is 1. The van der Waals surface area contributed by atoms with Gasteiger partial charge in [0.05, 0.1) is 24.0 Å². The van der Waals surface area contributed by atoms with E-state index in [1.165, 1.54) is 4.90 Å². The van der Waals surface area contributed by atoms with E-state index >= 15 is 0 Å². The highest BCUT2D eigenvalue weighted by atomic mass is 16.5. The number of fused-ring (bicyclic) bond motifs is 2. The maximum absolute atomic E-state index is 14.8. The number of anilines is 1. The van der Waals surface area contributed by atoms with Crippen LogP contribution >= 0.6 is 0 Å². The summed E-state index contributed by atoms with van der Waals surface area (Å²) >= 11 is 0. The van der Waals surface area contributed by atoms with Gasteiger partial charge in [-0.25, -0.2) is 0 Å². The van der Waals surface area contributed by atoms with Crippen LogP contribution in [0.15, 0.2) is 72.8 Å². The molecule has 2 saturated heterocycles. The largest absolute Gasteiger partial charge is 0.463 e. The van der Waals surface area contributed by atoms with Crippen molar-refractivity contribution in [1.82, 2.24) is 10.2 Å². The number of aryl methyl sites for hydroxylation is 2. The molecule has 0 radical (unpaired) electrons. The molecule has 0 aliphatic carbocycles. The minimum absolute atomic E-state index is 0.0692. The topological polar surface area (TPSA) is 125 Å². The molecule has 10 heteroatoms. The summed E-state index contributed by atoms with van der Waals surface area (Å²) in [6, 6.07) is 13.4. The third-order valence-electron chi connectivity index (χ3n) is 9.29. The predicted molar refractivity (Wildman–Crippen MR) is 166 cm³/mol. The lowest BCUT2D eigenvalue weighted by atomic mass is 9.74. The summed E-state index contributed by atoms with van der Waals surface area (Å²) in [6.07, 6.45) is 7.36. The van der Waals surface area contributed by atoms with Gasteiger partial charge in [0.25, 0.3) is 5.91 Å². The molecule has 2 fully saturated rings. The molecule has 5 bridgehead atoms. The normalized spacial score (nSPS) is 30.8. The lowest BCUT2D eigenvalue weighted by molar-refractivity contribution is -0.145. The summed E-state index contributed by atoms with van der Waals surface area (Å²) in [7, 11) is 0. The minimum atomic E-state index is -1.35. The highest BCUT2D eigenvalue weighted by molar-refractivity contribution is 6.06. The molecule has 236 valence electrons. The Hall–Kier alpha value is -4.28. The van der Waals surface area contributed by atoms with Crippen molar-refractivity contribution in [2.24, 2.45) is 11.8 Å². The van der Waals surface area contributed by atoms with Crippen LogP contribution in [0.25, 0.3) is 0 Å². The highest BCUT2D eigenvalue weighted by Gasteiger charge is 2.73. The van der Waals surface area contributed by atoms with E-state index in [1.807, 2.05) is 74.5 Å². The number of ether oxygens (including phenoxy) is 2. The number of rotatable bonds is 5. The van der Waals surface area contributed by atoms with Gasteiger partial charge in [-0.15, -0.1) is 0 Å². The third kappa shape index (κ3) is 5.57. The zero-order valence-corrected chi connectivity index (χ0v) is 25.6. The molecule has 6 atom stereocenters. The molecule has 0 aromatic heterocycles. The van der Waals surface area contributed by atoms with Crippen LogP contribution in [-0.4, -0.2) is 77.7 Å². The molecule has 4 heterocycles. The Balaban J connectivity index is 1.44. The van der Waals surface area contributed by atoms with Crippen LogP contribution in [0, 0.1) is 25.7 Å². The van der Waals surface area contributed by atoms with Crippen LogP contribution in [0.3, 0.4) is 0 Å². The van der Waals surface area contributed by atoms with E-state index < -0.39 is 47.5 Å². The lowest BCUT2D eigenvalue weighted by Crippen LogP contribution is -2.56. The Labute approximate surface area is 262 Å². The molecule has 4 aliphatic rings. The average molecular weight is 614 g/mol. The molecule has 3 amide bonds. The zero-order valence-electron chi connectivity index (χ0n) is 25.6. The maximum atomic E-state index is 14.8. The Bertz CT molecular complexity index is 1540. The van der Waals surface area contributed by atoms with E-state index in [0.717, 1.165) is 16.7 Å². The van der Waals surface area contributed by atoms with Crippen molar-refractivity contribution in [3.63, 3.8) is 0 Å². The molecule has 45 heavy (non-hydrogen) atoms. The van der Waals surface area contributed by atoms with Gasteiger partial charge in [0.15, 0.2) is 0 Å². The first-order chi connectivity index (χ1) is 21.7. The number of likely N-dealkylation sites (tertiary alicyclic amines) is 1. The molecular weight excluding hydrogens is 574 g/mol. The number of carbonyl (C=O) groups is 4. The molecule has 0 saturated carbocycles. The number of amides is 3. The van der Waals surface area contributed by atoms with E-state index in [-0.39, 0.29) is 51.0 Å². The Morgan fingerprint density at radius 2 is 1.82 bits per heavy atom. The smallest absolute Gasteiger partial charge is 0.306 e. The van der Waals surface area contributed by atoms with Gasteiger partial charge in [0.2, 0.25) is 11.8 Å². The van der Waals surface area contributed by atoms with Gasteiger partial charge in [-0.2, -0.15) is 0 Å². The predicted octanol–water partition coefficient (Wildman–Crippen LogP) is 2.92. The molecule has 2 aromatic rings. The minimum Gasteiger partial charge on any atom is -0.463 e. The number of aliphatic hydroxyl groups is 1. The van der Waals surface area contributed by atoms with Crippen molar-refractivity contribution in [2.45, 2.75) is 56.9 Å². The second-order valence-electron chi connectivity index (χ2n) is 12.2. The molecule has 4 aliphatic heterocycles. The van der Waals surface area contributed by atoms with Crippen LogP contribution < -0.4 is 10.2 Å². The lowest BCUT2D eigenvalue weighted by Gasteiger charge is -2.36. The number of allylic oxidation sites excluding steroid dienone is 1. The maximum Gasteiger partial charge on any atom is 0.306 e. The van der Waals surface area contributed by atoms with Crippen molar-refractivity contribution < 1.29 is 33.8 Å². The summed E-state index contributed by atoms with van der Waals surface area (Å²) in [5, 5.41) is 12.7. The van der Waals surface area contributed by atoms with Crippen molar-refractivity contribution in [1.29, 1.82) is 0 Å². The van der Waals surface area contributed by atoms with Crippen LogP contribution in [0.2, 0.25) is 0 Å². The van der Waals surface area contributed by atoms with E-state index in [0.29, 0.717) is 12.1 Å². The highest BCUT2D eigenvalue weighted by Crippen LogP contribution is 2.55. The fraction of sp³-hybridized carbons (Fsp3) is 0.429. The van der Waals surface area contributed by atoms with Crippen molar-refractivity contribution in [3.05, 3.63) is 89.5 Å². The monoisotopic (exact) mass is 613 g/mol. The summed E-state index contributed by atoms with van der Waals surface area (Å²) < 4.78 is 12.1. The van der Waals surface area contributed by atoms with Gasteiger partial charge in [-0.3, -0.25) is 19.2 Å².